The van der Waals surface area contributed by atoms with E-state index in [0.717, 1.165) is 0 Å². The summed E-state index contributed by atoms with van der Waals surface area (Å²) in [5.41, 5.74) is 1.08. The van der Waals surface area contributed by atoms with Crippen LogP contribution in [0.15, 0.2) is 63.7 Å². The zero-order valence-electron chi connectivity index (χ0n) is 18.0. The molecule has 0 heterocycles. The summed E-state index contributed by atoms with van der Waals surface area (Å²) in [5, 5.41) is 10.2. The van der Waals surface area contributed by atoms with Gasteiger partial charge in [-0.2, -0.15) is 0 Å². The highest BCUT2D eigenvalue weighted by Crippen LogP contribution is 2.35. The first-order chi connectivity index (χ1) is 14.5. The van der Waals surface area contributed by atoms with Crippen molar-refractivity contribution < 1.29 is 23.1 Å². The van der Waals surface area contributed by atoms with E-state index in [-0.39, 0.29) is 27.4 Å². The molecule has 0 aromatic heterocycles. The molecule has 0 saturated heterocycles. The fourth-order valence-corrected chi connectivity index (χ4v) is 4.81. The van der Waals surface area contributed by atoms with Gasteiger partial charge in [-0.25, -0.2) is 8.42 Å². The van der Waals surface area contributed by atoms with Gasteiger partial charge >= 0.3 is 0 Å². The van der Waals surface area contributed by atoms with E-state index in [9.17, 15) is 18.3 Å². The standard InChI is InChI=1S/C23H26N2O5S/c1-15-9-10-16(24-14-17-19(26)12-23(2,3)13-20(17)27)11-22(15)31(28,29)25-18-7-5-6-8-21(18)30-4/h5-11,14,25-26H,12-13H2,1-4H3. The van der Waals surface area contributed by atoms with E-state index in [2.05, 4.69) is 9.71 Å². The summed E-state index contributed by atoms with van der Waals surface area (Å²) in [5.74, 6) is 0.220. The number of rotatable bonds is 6. The Labute approximate surface area is 182 Å². The average Bonchev–Trinajstić information content (AvgIpc) is 2.67. The number of anilines is 1. The van der Waals surface area contributed by atoms with Gasteiger partial charge in [0.25, 0.3) is 10.0 Å². The normalized spacial score (nSPS) is 16.6. The topological polar surface area (TPSA) is 105 Å². The van der Waals surface area contributed by atoms with E-state index in [1.807, 2.05) is 13.8 Å². The predicted molar refractivity (Wildman–Crippen MR) is 121 cm³/mol. The number of ether oxygens (including phenoxy) is 1. The minimum atomic E-state index is -3.91. The second-order valence-corrected chi connectivity index (χ2v) is 9.97. The molecule has 8 heteroatoms. The number of aliphatic imine (C=N–C) groups is 1. The number of benzene rings is 2. The number of para-hydroxylation sites is 2. The molecule has 3 rings (SSSR count). The Morgan fingerprint density at radius 3 is 2.55 bits per heavy atom. The first-order valence-corrected chi connectivity index (χ1v) is 11.3. The van der Waals surface area contributed by atoms with Crippen LogP contribution in [-0.4, -0.2) is 32.6 Å². The first-order valence-electron chi connectivity index (χ1n) is 9.78. The number of aliphatic hydroxyl groups excluding tert-OH is 1. The summed E-state index contributed by atoms with van der Waals surface area (Å²) in [6.07, 6.45) is 2.01. The molecule has 2 aromatic rings. The van der Waals surface area contributed by atoms with Gasteiger partial charge in [0.2, 0.25) is 0 Å². The summed E-state index contributed by atoms with van der Waals surface area (Å²) in [6.45, 7) is 5.52. The molecule has 0 unspecified atom stereocenters. The van der Waals surface area contributed by atoms with Crippen LogP contribution in [0.25, 0.3) is 0 Å². The quantitative estimate of drug-likeness (QED) is 0.631. The van der Waals surface area contributed by atoms with Crippen molar-refractivity contribution >= 4 is 33.4 Å². The monoisotopic (exact) mass is 442 g/mol. The van der Waals surface area contributed by atoms with Crippen LogP contribution in [0, 0.1) is 12.3 Å². The van der Waals surface area contributed by atoms with Gasteiger partial charge < -0.3 is 9.84 Å². The Kier molecular flexibility index (Phi) is 6.22. The number of nitrogens with one attached hydrogen (secondary N) is 1. The van der Waals surface area contributed by atoms with Crippen molar-refractivity contribution in [3.8, 4) is 5.75 Å². The molecular formula is C23H26N2O5S. The molecule has 164 valence electrons. The number of hydrogen-bond acceptors (Lipinski definition) is 6. The number of Topliss-reactive ketones (excluding diaryl/α,β-unsaturated/α-hetero) is 1. The van der Waals surface area contributed by atoms with Gasteiger partial charge in [0.05, 0.1) is 29.0 Å². The molecule has 7 nitrogen and oxygen atoms in total. The lowest BCUT2D eigenvalue weighted by atomic mass is 9.77. The van der Waals surface area contributed by atoms with Crippen LogP contribution in [0.2, 0.25) is 0 Å². The van der Waals surface area contributed by atoms with E-state index in [4.69, 9.17) is 4.74 Å². The van der Waals surface area contributed by atoms with E-state index < -0.39 is 10.0 Å². The predicted octanol–water partition coefficient (Wildman–Crippen LogP) is 4.71. The van der Waals surface area contributed by atoms with Gasteiger partial charge in [0.15, 0.2) is 5.78 Å². The molecule has 0 fully saturated rings. The van der Waals surface area contributed by atoms with Crippen molar-refractivity contribution in [1.29, 1.82) is 0 Å². The number of ketones is 1. The maximum absolute atomic E-state index is 13.0. The number of carbonyl (C=O) groups excluding carboxylic acids is 1. The van der Waals surface area contributed by atoms with Crippen molar-refractivity contribution in [2.24, 2.45) is 10.4 Å². The molecule has 0 saturated carbocycles. The maximum Gasteiger partial charge on any atom is 0.262 e. The summed E-state index contributed by atoms with van der Waals surface area (Å²) < 4.78 is 33.8. The van der Waals surface area contributed by atoms with Crippen LogP contribution in [0.3, 0.4) is 0 Å². The van der Waals surface area contributed by atoms with Gasteiger partial charge in [0.1, 0.15) is 11.5 Å². The Morgan fingerprint density at radius 1 is 1.16 bits per heavy atom. The van der Waals surface area contributed by atoms with E-state index in [1.165, 1.54) is 19.4 Å². The highest BCUT2D eigenvalue weighted by Gasteiger charge is 2.32. The van der Waals surface area contributed by atoms with Crippen LogP contribution in [0.4, 0.5) is 11.4 Å². The molecule has 0 atom stereocenters. The van der Waals surface area contributed by atoms with Crippen molar-refractivity contribution in [3.63, 3.8) is 0 Å². The third-order valence-electron chi connectivity index (χ3n) is 5.05. The van der Waals surface area contributed by atoms with Crippen LogP contribution in [-0.2, 0) is 14.8 Å². The third-order valence-corrected chi connectivity index (χ3v) is 6.56. The minimum absolute atomic E-state index is 0.00259. The molecule has 1 aliphatic carbocycles. The molecule has 0 bridgehead atoms. The molecular weight excluding hydrogens is 416 g/mol. The van der Waals surface area contributed by atoms with Gasteiger partial charge in [0, 0.05) is 19.1 Å². The van der Waals surface area contributed by atoms with Crippen LogP contribution < -0.4 is 9.46 Å². The maximum atomic E-state index is 13.0. The van der Waals surface area contributed by atoms with Crippen LogP contribution in [0.1, 0.15) is 32.3 Å². The Balaban J connectivity index is 1.92. The lowest BCUT2D eigenvalue weighted by Gasteiger charge is -2.28. The fourth-order valence-electron chi connectivity index (χ4n) is 3.47. The first kappa shape index (κ1) is 22.6. The number of aryl methyl sites for hydroxylation is 1. The molecule has 2 aromatic carbocycles. The second kappa shape index (κ2) is 8.55. The number of allylic oxidation sites excluding steroid dienone is 2. The summed E-state index contributed by atoms with van der Waals surface area (Å²) in [6, 6.07) is 11.4. The smallest absolute Gasteiger partial charge is 0.262 e. The van der Waals surface area contributed by atoms with Gasteiger partial charge in [-0.1, -0.05) is 32.0 Å². The molecule has 1 aliphatic rings. The molecule has 0 spiro atoms. The number of carbonyl (C=O) groups is 1. The number of aliphatic hydroxyl groups is 1. The largest absolute Gasteiger partial charge is 0.511 e. The van der Waals surface area contributed by atoms with Gasteiger partial charge in [-0.15, -0.1) is 0 Å². The summed E-state index contributed by atoms with van der Waals surface area (Å²) >= 11 is 0. The number of hydrogen-bond donors (Lipinski definition) is 2. The zero-order chi connectivity index (χ0) is 22.8. The fraction of sp³-hybridized carbons (Fsp3) is 0.304. The van der Waals surface area contributed by atoms with Gasteiger partial charge in [-0.05, 0) is 42.2 Å². The average molecular weight is 443 g/mol. The van der Waals surface area contributed by atoms with E-state index in [0.29, 0.717) is 35.5 Å². The molecule has 0 amide bonds. The van der Waals surface area contributed by atoms with Crippen LogP contribution >= 0.6 is 0 Å². The lowest BCUT2D eigenvalue weighted by Crippen LogP contribution is -2.26. The molecule has 31 heavy (non-hydrogen) atoms. The highest BCUT2D eigenvalue weighted by molar-refractivity contribution is 7.92. The van der Waals surface area contributed by atoms with E-state index >= 15 is 0 Å². The Morgan fingerprint density at radius 2 is 1.87 bits per heavy atom. The van der Waals surface area contributed by atoms with E-state index in [1.54, 1.807) is 43.3 Å². The molecule has 0 aliphatic heterocycles. The Bertz CT molecular complexity index is 1180. The van der Waals surface area contributed by atoms with Crippen molar-refractivity contribution in [1.82, 2.24) is 0 Å². The second-order valence-electron chi connectivity index (χ2n) is 8.32. The Hall–Kier alpha value is -3.13. The van der Waals surface area contributed by atoms with Crippen molar-refractivity contribution in [2.45, 2.75) is 38.5 Å². The third kappa shape index (κ3) is 5.14. The minimum Gasteiger partial charge on any atom is -0.511 e. The molecule has 0 radical (unpaired) electrons. The number of methoxy groups -OCH3 is 1. The summed E-state index contributed by atoms with van der Waals surface area (Å²) in [4.78, 5) is 16.7. The van der Waals surface area contributed by atoms with Gasteiger partial charge in [-0.3, -0.25) is 14.5 Å². The summed E-state index contributed by atoms with van der Waals surface area (Å²) in [7, 11) is -2.45. The van der Waals surface area contributed by atoms with Crippen molar-refractivity contribution in [2.75, 3.05) is 11.8 Å². The SMILES string of the molecule is COc1ccccc1NS(=O)(=O)c1cc(N=CC2=C(O)CC(C)(C)CC2=O)ccc1C. The van der Waals surface area contributed by atoms with Crippen molar-refractivity contribution in [3.05, 3.63) is 59.4 Å². The zero-order valence-corrected chi connectivity index (χ0v) is 18.8. The number of sulfonamides is 1. The highest BCUT2D eigenvalue weighted by atomic mass is 32.2. The number of nitrogens with zero attached hydrogens (tertiary/aromatic N) is 1. The molecule has 2 N–H and O–H groups in total. The lowest BCUT2D eigenvalue weighted by molar-refractivity contribution is -0.117. The van der Waals surface area contributed by atoms with Crippen LogP contribution in [0.5, 0.6) is 5.75 Å².